The van der Waals surface area contributed by atoms with E-state index in [0.717, 1.165) is 28.7 Å². The maximum atomic E-state index is 13.3. The molecule has 28 heavy (non-hydrogen) atoms. The molecule has 0 fully saturated rings. The van der Waals surface area contributed by atoms with Crippen molar-refractivity contribution in [3.05, 3.63) is 57.1 Å². The number of carbonyl (C=O) groups is 1. The number of hydrogen-bond acceptors (Lipinski definition) is 4. The Balaban J connectivity index is 2.01. The van der Waals surface area contributed by atoms with Crippen molar-refractivity contribution in [2.24, 2.45) is 0 Å². The van der Waals surface area contributed by atoms with Crippen molar-refractivity contribution in [2.45, 2.75) is 20.3 Å². The van der Waals surface area contributed by atoms with Gasteiger partial charge < -0.3 is 4.90 Å². The number of aryl methyl sites for hydroxylation is 2. The van der Waals surface area contributed by atoms with Crippen LogP contribution in [0.4, 0.5) is 5.13 Å². The third-order valence-corrected chi connectivity index (χ3v) is 6.29. The maximum Gasteiger partial charge on any atom is 0.261 e. The van der Waals surface area contributed by atoms with Crippen molar-refractivity contribution in [3.8, 4) is 0 Å². The Morgan fingerprint density at radius 1 is 1.11 bits per heavy atom. The van der Waals surface area contributed by atoms with E-state index in [2.05, 4.69) is 30.9 Å². The molecule has 0 saturated carbocycles. The van der Waals surface area contributed by atoms with Crippen LogP contribution in [0.25, 0.3) is 10.2 Å². The molecule has 7 heteroatoms. The summed E-state index contributed by atoms with van der Waals surface area (Å²) in [7, 11) is 4.04. The van der Waals surface area contributed by atoms with Crippen LogP contribution < -0.4 is 4.90 Å². The molecule has 0 N–H and O–H groups in total. The second kappa shape index (κ2) is 8.78. The predicted octanol–water partition coefficient (Wildman–Crippen LogP) is 5.82. The highest BCUT2D eigenvalue weighted by atomic mass is 35.5. The quantitative estimate of drug-likeness (QED) is 0.489. The van der Waals surface area contributed by atoms with E-state index in [1.54, 1.807) is 23.1 Å². The number of anilines is 1. The SMILES string of the molecule is Cc1ccc2sc(N(CCCN(C)C)C(=O)c3ccc(Cl)cc3Cl)nc2c1C. The summed E-state index contributed by atoms with van der Waals surface area (Å²) in [5.41, 5.74) is 3.72. The normalized spacial score (nSPS) is 11.4. The van der Waals surface area contributed by atoms with Gasteiger partial charge in [-0.1, -0.05) is 40.6 Å². The van der Waals surface area contributed by atoms with Crippen molar-refractivity contribution < 1.29 is 4.79 Å². The largest absolute Gasteiger partial charge is 0.309 e. The minimum absolute atomic E-state index is 0.158. The van der Waals surface area contributed by atoms with Gasteiger partial charge in [-0.15, -0.1) is 0 Å². The molecule has 1 heterocycles. The van der Waals surface area contributed by atoms with Gasteiger partial charge in [0, 0.05) is 11.6 Å². The Kier molecular flexibility index (Phi) is 6.61. The number of hydrogen-bond donors (Lipinski definition) is 0. The third kappa shape index (κ3) is 4.49. The molecule has 2 aromatic carbocycles. The summed E-state index contributed by atoms with van der Waals surface area (Å²) in [6, 6.07) is 9.11. The number of fused-ring (bicyclic) bond motifs is 1. The van der Waals surface area contributed by atoms with Crippen molar-refractivity contribution in [2.75, 3.05) is 32.1 Å². The van der Waals surface area contributed by atoms with Crippen LogP contribution in [0, 0.1) is 13.8 Å². The first kappa shape index (κ1) is 21.1. The van der Waals surface area contributed by atoms with Gasteiger partial charge in [0.05, 0.1) is 20.8 Å². The minimum Gasteiger partial charge on any atom is -0.309 e. The molecule has 0 spiro atoms. The van der Waals surface area contributed by atoms with E-state index in [4.69, 9.17) is 28.2 Å². The Morgan fingerprint density at radius 3 is 2.54 bits per heavy atom. The van der Waals surface area contributed by atoms with Crippen LogP contribution in [0.2, 0.25) is 10.0 Å². The molecule has 148 valence electrons. The van der Waals surface area contributed by atoms with E-state index >= 15 is 0 Å². The Bertz CT molecular complexity index is 1020. The summed E-state index contributed by atoms with van der Waals surface area (Å²) in [6.07, 6.45) is 0.831. The molecule has 3 rings (SSSR count). The molecule has 3 aromatic rings. The predicted molar refractivity (Wildman–Crippen MR) is 120 cm³/mol. The van der Waals surface area contributed by atoms with Gasteiger partial charge in [0.2, 0.25) is 0 Å². The van der Waals surface area contributed by atoms with Gasteiger partial charge >= 0.3 is 0 Å². The van der Waals surface area contributed by atoms with Crippen LogP contribution in [0.5, 0.6) is 0 Å². The van der Waals surface area contributed by atoms with E-state index in [9.17, 15) is 4.79 Å². The monoisotopic (exact) mass is 435 g/mol. The van der Waals surface area contributed by atoms with Crippen molar-refractivity contribution in [1.29, 1.82) is 0 Å². The van der Waals surface area contributed by atoms with Gasteiger partial charge in [-0.3, -0.25) is 9.69 Å². The molecular formula is C21H23Cl2N3OS. The summed E-state index contributed by atoms with van der Waals surface area (Å²) in [4.78, 5) is 22.0. The van der Waals surface area contributed by atoms with Gasteiger partial charge in [0.15, 0.2) is 5.13 Å². The summed E-state index contributed by atoms with van der Waals surface area (Å²) < 4.78 is 1.07. The zero-order valence-corrected chi connectivity index (χ0v) is 18.8. The van der Waals surface area contributed by atoms with Crippen LogP contribution in [0.1, 0.15) is 27.9 Å². The van der Waals surface area contributed by atoms with E-state index in [0.29, 0.717) is 27.3 Å². The summed E-state index contributed by atoms with van der Waals surface area (Å²) in [6.45, 7) is 5.58. The first-order chi connectivity index (χ1) is 13.3. The van der Waals surface area contributed by atoms with Crippen molar-refractivity contribution in [1.82, 2.24) is 9.88 Å². The minimum atomic E-state index is -0.158. The summed E-state index contributed by atoms with van der Waals surface area (Å²) >= 11 is 13.8. The number of aromatic nitrogens is 1. The number of nitrogens with zero attached hydrogens (tertiary/aromatic N) is 3. The molecule has 0 bridgehead atoms. The van der Waals surface area contributed by atoms with Gasteiger partial charge in [0.25, 0.3) is 5.91 Å². The van der Waals surface area contributed by atoms with Gasteiger partial charge in [0.1, 0.15) is 0 Å². The molecule has 0 saturated heterocycles. The second-order valence-corrected chi connectivity index (χ2v) is 8.94. The zero-order chi connectivity index (χ0) is 20.4. The lowest BCUT2D eigenvalue weighted by molar-refractivity contribution is 0.0986. The fourth-order valence-corrected chi connectivity index (χ4v) is 4.51. The number of halogens is 2. The Hall–Kier alpha value is -1.66. The molecule has 4 nitrogen and oxygen atoms in total. The number of thiazole rings is 1. The molecule has 1 aromatic heterocycles. The van der Waals surface area contributed by atoms with Crippen molar-refractivity contribution >= 4 is 55.8 Å². The number of rotatable bonds is 6. The number of amides is 1. The fraction of sp³-hybridized carbons (Fsp3) is 0.333. The molecule has 1 amide bonds. The number of benzene rings is 2. The van der Waals surface area contributed by atoms with E-state index in [-0.39, 0.29) is 5.91 Å². The topological polar surface area (TPSA) is 36.4 Å². The molecule has 0 unspecified atom stereocenters. The maximum absolute atomic E-state index is 13.3. The Labute approximate surface area is 179 Å². The van der Waals surface area contributed by atoms with E-state index in [1.807, 2.05) is 14.1 Å². The lowest BCUT2D eigenvalue weighted by Gasteiger charge is -2.21. The second-order valence-electron chi connectivity index (χ2n) is 7.09. The van der Waals surface area contributed by atoms with Crippen LogP contribution in [0.3, 0.4) is 0 Å². The van der Waals surface area contributed by atoms with Crippen LogP contribution in [0.15, 0.2) is 30.3 Å². The van der Waals surface area contributed by atoms with E-state index < -0.39 is 0 Å². The standard InChI is InChI=1S/C21H23Cl2N3OS/c1-13-6-9-18-19(14(13)2)24-21(28-18)26(11-5-10-25(3)4)20(27)16-8-7-15(22)12-17(16)23/h6-9,12H,5,10-11H2,1-4H3. The summed E-state index contributed by atoms with van der Waals surface area (Å²) in [5.74, 6) is -0.158. The molecule has 0 aliphatic carbocycles. The third-order valence-electron chi connectivity index (χ3n) is 4.70. The van der Waals surface area contributed by atoms with Gasteiger partial charge in [-0.2, -0.15) is 0 Å². The molecule has 0 aliphatic heterocycles. The average Bonchev–Trinajstić information content (AvgIpc) is 3.06. The highest BCUT2D eigenvalue weighted by Crippen LogP contribution is 2.33. The average molecular weight is 436 g/mol. The molecule has 0 radical (unpaired) electrons. The molecular weight excluding hydrogens is 413 g/mol. The first-order valence-electron chi connectivity index (χ1n) is 9.06. The van der Waals surface area contributed by atoms with Crippen LogP contribution in [-0.2, 0) is 0 Å². The summed E-state index contributed by atoms with van der Waals surface area (Å²) in [5, 5.41) is 1.55. The van der Waals surface area contributed by atoms with Gasteiger partial charge in [-0.25, -0.2) is 4.98 Å². The van der Waals surface area contributed by atoms with Crippen LogP contribution in [-0.4, -0.2) is 43.0 Å². The van der Waals surface area contributed by atoms with E-state index in [1.165, 1.54) is 16.9 Å². The number of carbonyl (C=O) groups excluding carboxylic acids is 1. The zero-order valence-electron chi connectivity index (χ0n) is 16.4. The fourth-order valence-electron chi connectivity index (χ4n) is 2.97. The highest BCUT2D eigenvalue weighted by Gasteiger charge is 2.23. The van der Waals surface area contributed by atoms with Gasteiger partial charge in [-0.05, 0) is 76.3 Å². The highest BCUT2D eigenvalue weighted by molar-refractivity contribution is 7.22. The lowest BCUT2D eigenvalue weighted by Crippen LogP contribution is -2.33. The lowest BCUT2D eigenvalue weighted by atomic mass is 10.1. The first-order valence-corrected chi connectivity index (χ1v) is 10.6. The molecule has 0 aliphatic rings. The molecule has 0 atom stereocenters. The van der Waals surface area contributed by atoms with Crippen molar-refractivity contribution in [3.63, 3.8) is 0 Å². The van der Waals surface area contributed by atoms with Crippen LogP contribution >= 0.6 is 34.5 Å². The smallest absolute Gasteiger partial charge is 0.261 e. The Morgan fingerprint density at radius 2 is 1.86 bits per heavy atom.